The van der Waals surface area contributed by atoms with Gasteiger partial charge >= 0.3 is 5.97 Å². The molecule has 0 aromatic carbocycles. The number of pyridine rings is 1. The van der Waals surface area contributed by atoms with E-state index in [-0.39, 0.29) is 5.75 Å². The van der Waals surface area contributed by atoms with Crippen LogP contribution in [0.3, 0.4) is 0 Å². The summed E-state index contributed by atoms with van der Waals surface area (Å²) in [5.41, 5.74) is 1.72. The maximum atomic E-state index is 10.5. The number of hydrogen-bond donors (Lipinski definition) is 2. The van der Waals surface area contributed by atoms with Crippen molar-refractivity contribution in [3.05, 3.63) is 24.0 Å². The molecule has 0 aliphatic rings. The van der Waals surface area contributed by atoms with E-state index in [1.54, 1.807) is 12.4 Å². The minimum atomic E-state index is -0.929. The van der Waals surface area contributed by atoms with Crippen LogP contribution in [0.5, 0.6) is 0 Å². The summed E-state index contributed by atoms with van der Waals surface area (Å²) < 4.78 is 1.27. The van der Waals surface area contributed by atoms with E-state index >= 15 is 0 Å². The molecule has 2 rings (SSSR count). The molecule has 0 bridgehead atoms. The Morgan fingerprint density at radius 3 is 2.94 bits per heavy atom. The Kier molecular flexibility index (Phi) is 3.47. The van der Waals surface area contributed by atoms with E-state index < -0.39 is 5.97 Å². The van der Waals surface area contributed by atoms with Crippen LogP contribution in [0.4, 0.5) is 0 Å². The number of aromatic nitrogens is 4. The Bertz CT molecular complexity index is 583. The number of thioether (sulfide) groups is 1. The molecule has 7 nitrogen and oxygen atoms in total. The molecule has 0 radical (unpaired) electrons. The van der Waals surface area contributed by atoms with E-state index in [0.29, 0.717) is 11.0 Å². The molecule has 2 aromatic heterocycles. The second-order valence-electron chi connectivity index (χ2n) is 3.61. The van der Waals surface area contributed by atoms with E-state index in [9.17, 15) is 4.79 Å². The molecule has 0 aliphatic carbocycles. The molecule has 0 saturated carbocycles. The highest BCUT2D eigenvalue weighted by Gasteiger charge is 2.13. The molecule has 2 aromatic rings. The molecule has 0 atom stereocenters. The van der Waals surface area contributed by atoms with Gasteiger partial charge in [0.1, 0.15) is 0 Å². The van der Waals surface area contributed by atoms with Crippen LogP contribution in [0.25, 0.3) is 11.4 Å². The van der Waals surface area contributed by atoms with Gasteiger partial charge in [-0.1, -0.05) is 11.8 Å². The van der Waals surface area contributed by atoms with E-state index in [4.69, 9.17) is 10.9 Å². The van der Waals surface area contributed by atoms with Gasteiger partial charge in [0.2, 0.25) is 5.16 Å². The number of carboxylic acid groups (broad SMARTS) is 1. The lowest BCUT2D eigenvalue weighted by molar-refractivity contribution is -0.133. The lowest BCUT2D eigenvalue weighted by atomic mass is 10.2. The van der Waals surface area contributed by atoms with Crippen molar-refractivity contribution in [3.63, 3.8) is 0 Å². The van der Waals surface area contributed by atoms with Crippen molar-refractivity contribution in [1.29, 1.82) is 0 Å². The zero-order valence-corrected chi connectivity index (χ0v) is 10.4. The van der Waals surface area contributed by atoms with Crippen LogP contribution in [0, 0.1) is 6.92 Å². The fraction of sp³-hybridized carbons (Fsp3) is 0.200. The summed E-state index contributed by atoms with van der Waals surface area (Å²) in [5, 5.41) is 16.7. The fourth-order valence-electron chi connectivity index (χ4n) is 1.38. The van der Waals surface area contributed by atoms with E-state index in [0.717, 1.165) is 22.9 Å². The summed E-state index contributed by atoms with van der Waals surface area (Å²) in [5.74, 6) is 5.24. The first kappa shape index (κ1) is 12.4. The van der Waals surface area contributed by atoms with Crippen LogP contribution in [-0.2, 0) is 4.79 Å². The summed E-state index contributed by atoms with van der Waals surface area (Å²) in [7, 11) is 0. The lowest BCUT2D eigenvalue weighted by Crippen LogP contribution is -2.12. The van der Waals surface area contributed by atoms with Gasteiger partial charge < -0.3 is 10.9 Å². The zero-order valence-electron chi connectivity index (χ0n) is 9.57. The summed E-state index contributed by atoms with van der Waals surface area (Å²) in [6.45, 7) is 1.91. The van der Waals surface area contributed by atoms with Gasteiger partial charge in [0, 0.05) is 18.0 Å². The van der Waals surface area contributed by atoms with Crippen LogP contribution in [0.1, 0.15) is 5.56 Å². The van der Waals surface area contributed by atoms with Crippen molar-refractivity contribution in [2.24, 2.45) is 0 Å². The third kappa shape index (κ3) is 2.59. The molecule has 0 unspecified atom stereocenters. The Hall–Kier alpha value is -2.09. The predicted molar refractivity (Wildman–Crippen MR) is 66.5 cm³/mol. The Morgan fingerprint density at radius 2 is 2.28 bits per heavy atom. The third-order valence-corrected chi connectivity index (χ3v) is 3.05. The van der Waals surface area contributed by atoms with Crippen LogP contribution >= 0.6 is 11.8 Å². The Balaban J connectivity index is 2.28. The fourth-order valence-corrected chi connectivity index (χ4v) is 1.95. The predicted octanol–water partition coefficient (Wildman–Crippen LogP) is 0.539. The van der Waals surface area contributed by atoms with E-state index in [1.807, 2.05) is 13.0 Å². The highest BCUT2D eigenvalue weighted by Crippen LogP contribution is 2.21. The number of carboxylic acids is 1. The van der Waals surface area contributed by atoms with Crippen molar-refractivity contribution in [1.82, 2.24) is 19.9 Å². The number of nitrogen functional groups attached to an aromatic ring is 1. The van der Waals surface area contributed by atoms with Crippen LogP contribution in [-0.4, -0.2) is 36.7 Å². The van der Waals surface area contributed by atoms with E-state index in [2.05, 4.69) is 15.2 Å². The van der Waals surface area contributed by atoms with Gasteiger partial charge in [-0.05, 0) is 18.6 Å². The molecule has 8 heteroatoms. The number of nitrogens with zero attached hydrogens (tertiary/aromatic N) is 4. The highest BCUT2D eigenvalue weighted by atomic mass is 32.2. The number of carbonyl (C=O) groups is 1. The number of aryl methyl sites for hydroxylation is 1. The first-order valence-electron chi connectivity index (χ1n) is 5.05. The average Bonchev–Trinajstić information content (AvgIpc) is 2.68. The maximum absolute atomic E-state index is 10.5. The molecular formula is C10H11N5O2S. The minimum Gasteiger partial charge on any atom is -0.481 e. The van der Waals surface area contributed by atoms with Crippen molar-refractivity contribution >= 4 is 17.7 Å². The highest BCUT2D eigenvalue weighted by molar-refractivity contribution is 7.99. The lowest BCUT2D eigenvalue weighted by Gasteiger charge is -2.02. The van der Waals surface area contributed by atoms with Crippen LogP contribution in [0.15, 0.2) is 23.6 Å². The Morgan fingerprint density at radius 1 is 1.50 bits per heavy atom. The number of hydrogen-bond acceptors (Lipinski definition) is 6. The van der Waals surface area contributed by atoms with Gasteiger partial charge in [-0.3, -0.25) is 9.78 Å². The average molecular weight is 265 g/mol. The van der Waals surface area contributed by atoms with Crippen molar-refractivity contribution in [3.8, 4) is 11.4 Å². The van der Waals surface area contributed by atoms with Crippen LogP contribution < -0.4 is 5.84 Å². The van der Waals surface area contributed by atoms with Crippen molar-refractivity contribution in [2.75, 3.05) is 11.6 Å². The van der Waals surface area contributed by atoms with Gasteiger partial charge in [-0.15, -0.1) is 10.2 Å². The summed E-state index contributed by atoms with van der Waals surface area (Å²) in [6.07, 6.45) is 3.35. The standard InChI is InChI=1S/C10H11N5O2S/c1-6-2-7(4-12-3-6)9-13-14-10(15(9)11)18-5-8(16)17/h2-4H,5,11H2,1H3,(H,16,17). The molecule has 0 fully saturated rings. The minimum absolute atomic E-state index is 0.110. The van der Waals surface area contributed by atoms with Gasteiger partial charge in [0.05, 0.1) is 5.75 Å². The molecule has 18 heavy (non-hydrogen) atoms. The molecular weight excluding hydrogens is 254 g/mol. The third-order valence-electron chi connectivity index (χ3n) is 2.12. The van der Waals surface area contributed by atoms with Gasteiger partial charge in [0.15, 0.2) is 5.82 Å². The molecule has 0 aliphatic heterocycles. The first-order valence-corrected chi connectivity index (χ1v) is 6.03. The van der Waals surface area contributed by atoms with Gasteiger partial charge in [0.25, 0.3) is 0 Å². The maximum Gasteiger partial charge on any atom is 0.313 e. The normalized spacial score (nSPS) is 10.5. The van der Waals surface area contributed by atoms with Gasteiger partial charge in [-0.2, -0.15) is 0 Å². The van der Waals surface area contributed by atoms with Crippen molar-refractivity contribution in [2.45, 2.75) is 12.1 Å². The summed E-state index contributed by atoms with van der Waals surface area (Å²) >= 11 is 1.02. The molecule has 0 saturated heterocycles. The molecule has 0 amide bonds. The quantitative estimate of drug-likeness (QED) is 0.613. The second kappa shape index (κ2) is 5.05. The monoisotopic (exact) mass is 265 g/mol. The molecule has 2 heterocycles. The second-order valence-corrected chi connectivity index (χ2v) is 4.55. The SMILES string of the molecule is Cc1cncc(-c2nnc(SCC(=O)O)n2N)c1. The molecule has 94 valence electrons. The number of nitrogens with two attached hydrogens (primary N) is 1. The number of aliphatic carboxylic acids is 1. The number of rotatable bonds is 4. The van der Waals surface area contributed by atoms with E-state index in [1.165, 1.54) is 4.68 Å². The first-order chi connectivity index (χ1) is 8.58. The van der Waals surface area contributed by atoms with Crippen molar-refractivity contribution < 1.29 is 9.90 Å². The molecule has 3 N–H and O–H groups in total. The molecule has 0 spiro atoms. The largest absolute Gasteiger partial charge is 0.481 e. The smallest absolute Gasteiger partial charge is 0.313 e. The summed E-state index contributed by atoms with van der Waals surface area (Å²) in [4.78, 5) is 14.5. The topological polar surface area (TPSA) is 107 Å². The zero-order chi connectivity index (χ0) is 13.1. The van der Waals surface area contributed by atoms with Gasteiger partial charge in [-0.25, -0.2) is 4.68 Å². The van der Waals surface area contributed by atoms with Crippen LogP contribution in [0.2, 0.25) is 0 Å². The summed E-state index contributed by atoms with van der Waals surface area (Å²) in [6, 6.07) is 1.88. The Labute approximate surface area is 107 Å².